The van der Waals surface area contributed by atoms with Crippen molar-refractivity contribution in [1.29, 1.82) is 0 Å². The molecule has 0 saturated carbocycles. The summed E-state index contributed by atoms with van der Waals surface area (Å²) in [6, 6.07) is 7.72. The molecular weight excluding hydrogens is 228 g/mol. The maximum Gasteiger partial charge on any atom is 0.177 e. The molecule has 3 aromatic heterocycles. The van der Waals surface area contributed by atoms with E-state index in [4.69, 9.17) is 0 Å². The molecule has 1 aliphatic rings. The van der Waals surface area contributed by atoms with Crippen LogP contribution >= 0.6 is 0 Å². The maximum atomic E-state index is 4.46. The molecule has 3 N–H and O–H groups in total. The molecule has 88 valence electrons. The molecule has 0 bridgehead atoms. The van der Waals surface area contributed by atoms with E-state index in [0.717, 1.165) is 28.5 Å². The van der Waals surface area contributed by atoms with Crippen LogP contribution in [0.2, 0.25) is 0 Å². The Balaban J connectivity index is 1.73. The number of nitrogens with one attached hydrogen (secondary N) is 3. The van der Waals surface area contributed by atoms with E-state index in [0.29, 0.717) is 0 Å². The SMILES string of the molecule is c1cnc2c(c1)NC(c1nc3ncccc3[nH]1)N2. The number of hydrogen-bond donors (Lipinski definition) is 3. The average Bonchev–Trinajstić information content (AvgIpc) is 3.02. The van der Waals surface area contributed by atoms with E-state index in [2.05, 4.69) is 30.6 Å². The largest absolute Gasteiger partial charge is 0.356 e. The summed E-state index contributed by atoms with van der Waals surface area (Å²) < 4.78 is 0. The molecule has 4 rings (SSSR count). The number of pyridine rings is 2. The fourth-order valence-corrected chi connectivity index (χ4v) is 2.10. The fraction of sp³-hybridized carbons (Fsp3) is 0.0833. The van der Waals surface area contributed by atoms with Gasteiger partial charge < -0.3 is 15.6 Å². The molecule has 0 aliphatic carbocycles. The van der Waals surface area contributed by atoms with Crippen LogP contribution in [-0.2, 0) is 0 Å². The van der Waals surface area contributed by atoms with Gasteiger partial charge in [-0.2, -0.15) is 0 Å². The van der Waals surface area contributed by atoms with Crippen molar-refractivity contribution in [3.05, 3.63) is 42.5 Å². The molecule has 0 amide bonds. The van der Waals surface area contributed by atoms with Gasteiger partial charge in [0.05, 0.1) is 11.2 Å². The number of aromatic nitrogens is 4. The van der Waals surface area contributed by atoms with Crippen molar-refractivity contribution in [2.45, 2.75) is 6.17 Å². The summed E-state index contributed by atoms with van der Waals surface area (Å²) in [7, 11) is 0. The Labute approximate surface area is 102 Å². The zero-order chi connectivity index (χ0) is 11.9. The number of fused-ring (bicyclic) bond motifs is 2. The minimum absolute atomic E-state index is 0.0934. The Kier molecular flexibility index (Phi) is 1.79. The van der Waals surface area contributed by atoms with Crippen molar-refractivity contribution in [1.82, 2.24) is 19.9 Å². The smallest absolute Gasteiger partial charge is 0.177 e. The lowest BCUT2D eigenvalue weighted by Crippen LogP contribution is -2.13. The van der Waals surface area contributed by atoms with E-state index < -0.39 is 0 Å². The summed E-state index contributed by atoms with van der Waals surface area (Å²) in [6.07, 6.45) is 3.40. The third-order valence-corrected chi connectivity index (χ3v) is 2.94. The van der Waals surface area contributed by atoms with Gasteiger partial charge in [-0.1, -0.05) is 0 Å². The molecular formula is C12H10N6. The zero-order valence-corrected chi connectivity index (χ0v) is 9.38. The van der Waals surface area contributed by atoms with Crippen LogP contribution in [0.5, 0.6) is 0 Å². The highest BCUT2D eigenvalue weighted by Crippen LogP contribution is 2.32. The summed E-state index contributed by atoms with van der Waals surface area (Å²) in [5.74, 6) is 1.65. The fourth-order valence-electron chi connectivity index (χ4n) is 2.10. The van der Waals surface area contributed by atoms with Crippen LogP contribution in [0, 0.1) is 0 Å². The molecule has 1 unspecified atom stereocenters. The highest BCUT2D eigenvalue weighted by Gasteiger charge is 2.24. The second-order valence-electron chi connectivity index (χ2n) is 4.12. The van der Waals surface area contributed by atoms with Crippen LogP contribution in [0.4, 0.5) is 11.5 Å². The second kappa shape index (κ2) is 3.43. The lowest BCUT2D eigenvalue weighted by Gasteiger charge is -2.07. The molecule has 1 aliphatic heterocycles. The van der Waals surface area contributed by atoms with Gasteiger partial charge in [-0.05, 0) is 24.3 Å². The van der Waals surface area contributed by atoms with E-state index in [-0.39, 0.29) is 6.17 Å². The third kappa shape index (κ3) is 1.32. The highest BCUT2D eigenvalue weighted by atomic mass is 15.3. The molecule has 1 atom stereocenters. The maximum absolute atomic E-state index is 4.46. The molecule has 6 nitrogen and oxygen atoms in total. The number of H-pyrrole nitrogens is 1. The van der Waals surface area contributed by atoms with Crippen molar-refractivity contribution in [2.24, 2.45) is 0 Å². The molecule has 6 heteroatoms. The van der Waals surface area contributed by atoms with Gasteiger partial charge in [-0.3, -0.25) is 0 Å². The number of imidazole rings is 1. The van der Waals surface area contributed by atoms with Gasteiger partial charge in [0.2, 0.25) is 0 Å². The van der Waals surface area contributed by atoms with Gasteiger partial charge in [-0.15, -0.1) is 0 Å². The van der Waals surface area contributed by atoms with Gasteiger partial charge in [0, 0.05) is 12.4 Å². The molecule has 4 heterocycles. The van der Waals surface area contributed by atoms with Gasteiger partial charge in [0.25, 0.3) is 0 Å². The standard InChI is InChI=1S/C12H10N6/c1-3-7-9(13-5-1)17-11(15-7)12-16-8-4-2-6-14-10(8)18-12/h1-6,11,15H,(H,13,17)(H,14,16,18). The van der Waals surface area contributed by atoms with Crippen molar-refractivity contribution in [3.8, 4) is 0 Å². The van der Waals surface area contributed by atoms with Crippen LogP contribution < -0.4 is 10.6 Å². The molecule has 0 aromatic carbocycles. The highest BCUT2D eigenvalue weighted by molar-refractivity contribution is 5.73. The van der Waals surface area contributed by atoms with Crippen LogP contribution in [0.3, 0.4) is 0 Å². The summed E-state index contributed by atoms with van der Waals surface area (Å²) >= 11 is 0. The minimum atomic E-state index is -0.0934. The lowest BCUT2D eigenvalue weighted by atomic mass is 10.4. The quantitative estimate of drug-likeness (QED) is 0.603. The summed E-state index contributed by atoms with van der Waals surface area (Å²) in [4.78, 5) is 16.2. The van der Waals surface area contributed by atoms with Gasteiger partial charge in [0.15, 0.2) is 23.5 Å². The first-order chi connectivity index (χ1) is 8.90. The summed E-state index contributed by atoms with van der Waals surface area (Å²) in [5, 5.41) is 6.58. The van der Waals surface area contributed by atoms with E-state index >= 15 is 0 Å². The van der Waals surface area contributed by atoms with E-state index in [9.17, 15) is 0 Å². The minimum Gasteiger partial charge on any atom is -0.356 e. The number of anilines is 2. The molecule has 3 aromatic rings. The van der Waals surface area contributed by atoms with Crippen LogP contribution in [0.15, 0.2) is 36.7 Å². The first kappa shape index (κ1) is 9.41. The average molecular weight is 238 g/mol. The van der Waals surface area contributed by atoms with E-state index in [1.807, 2.05) is 24.3 Å². The Bertz CT molecular complexity index is 661. The Morgan fingerprint density at radius 1 is 1.00 bits per heavy atom. The normalized spacial score (nSPS) is 17.2. The molecule has 0 spiro atoms. The molecule has 18 heavy (non-hydrogen) atoms. The third-order valence-electron chi connectivity index (χ3n) is 2.94. The second-order valence-corrected chi connectivity index (χ2v) is 4.12. The number of rotatable bonds is 1. The molecule has 0 fully saturated rings. The van der Waals surface area contributed by atoms with Crippen molar-refractivity contribution < 1.29 is 0 Å². The Hall–Kier alpha value is -2.63. The van der Waals surface area contributed by atoms with Gasteiger partial charge in [0.1, 0.15) is 0 Å². The number of aromatic amines is 1. The van der Waals surface area contributed by atoms with E-state index in [1.54, 1.807) is 12.4 Å². The molecule has 0 saturated heterocycles. The predicted molar refractivity (Wildman–Crippen MR) is 68.1 cm³/mol. The Morgan fingerprint density at radius 2 is 1.89 bits per heavy atom. The first-order valence-electron chi connectivity index (χ1n) is 5.69. The van der Waals surface area contributed by atoms with Gasteiger partial charge in [-0.25, -0.2) is 15.0 Å². The van der Waals surface area contributed by atoms with Crippen molar-refractivity contribution >= 4 is 22.7 Å². The molecule has 0 radical (unpaired) electrons. The van der Waals surface area contributed by atoms with Crippen LogP contribution in [-0.4, -0.2) is 19.9 Å². The van der Waals surface area contributed by atoms with E-state index in [1.165, 1.54) is 0 Å². The number of nitrogens with zero attached hydrogens (tertiary/aromatic N) is 3. The summed E-state index contributed by atoms with van der Waals surface area (Å²) in [5.41, 5.74) is 2.64. The van der Waals surface area contributed by atoms with Gasteiger partial charge >= 0.3 is 0 Å². The predicted octanol–water partition coefficient (Wildman–Crippen LogP) is 1.89. The van der Waals surface area contributed by atoms with Crippen LogP contribution in [0.25, 0.3) is 11.2 Å². The van der Waals surface area contributed by atoms with Crippen LogP contribution in [0.1, 0.15) is 12.0 Å². The lowest BCUT2D eigenvalue weighted by molar-refractivity contribution is 0.854. The topological polar surface area (TPSA) is 78.5 Å². The summed E-state index contributed by atoms with van der Waals surface area (Å²) in [6.45, 7) is 0. The van der Waals surface area contributed by atoms with Crippen molar-refractivity contribution in [2.75, 3.05) is 10.6 Å². The zero-order valence-electron chi connectivity index (χ0n) is 9.38. The van der Waals surface area contributed by atoms with Crippen molar-refractivity contribution in [3.63, 3.8) is 0 Å². The first-order valence-corrected chi connectivity index (χ1v) is 5.69. The monoisotopic (exact) mass is 238 g/mol. The Morgan fingerprint density at radius 3 is 2.78 bits per heavy atom. The number of hydrogen-bond acceptors (Lipinski definition) is 5.